The maximum atomic E-state index is 7.53. The molecule has 3 rings (SSSR count). The molecular formula is C13H14ClN5. The Hall–Kier alpha value is -1.88. The van der Waals surface area contributed by atoms with Gasteiger partial charge in [0.2, 0.25) is 0 Å². The van der Waals surface area contributed by atoms with Crippen LogP contribution < -0.4 is 5.73 Å². The third kappa shape index (κ3) is 2.00. The van der Waals surface area contributed by atoms with E-state index in [1.807, 2.05) is 4.57 Å². The number of hydrogen-bond donors (Lipinski definition) is 2. The van der Waals surface area contributed by atoms with Gasteiger partial charge in [0, 0.05) is 17.5 Å². The van der Waals surface area contributed by atoms with Crippen molar-refractivity contribution in [2.75, 3.05) is 0 Å². The van der Waals surface area contributed by atoms with Gasteiger partial charge in [-0.25, -0.2) is 9.97 Å². The van der Waals surface area contributed by atoms with E-state index < -0.39 is 0 Å². The zero-order valence-corrected chi connectivity index (χ0v) is 11.1. The van der Waals surface area contributed by atoms with Crippen molar-refractivity contribution in [1.29, 1.82) is 5.41 Å². The van der Waals surface area contributed by atoms with E-state index in [0.717, 1.165) is 25.0 Å². The zero-order valence-electron chi connectivity index (χ0n) is 10.4. The van der Waals surface area contributed by atoms with Gasteiger partial charge in [-0.15, -0.1) is 0 Å². The largest absolute Gasteiger partial charge is 0.384 e. The van der Waals surface area contributed by atoms with E-state index in [2.05, 4.69) is 9.97 Å². The molecule has 0 bridgehead atoms. The van der Waals surface area contributed by atoms with Crippen LogP contribution in [0, 0.1) is 5.41 Å². The zero-order chi connectivity index (χ0) is 13.4. The average Bonchev–Trinajstić information content (AvgIpc) is 2.82. The van der Waals surface area contributed by atoms with Crippen molar-refractivity contribution in [3.05, 3.63) is 40.6 Å². The van der Waals surface area contributed by atoms with E-state index >= 15 is 0 Å². The third-order valence-corrected chi connectivity index (χ3v) is 3.79. The molecule has 0 fully saturated rings. The Balaban J connectivity index is 2.15. The molecule has 3 N–H and O–H groups in total. The van der Waals surface area contributed by atoms with E-state index in [0.29, 0.717) is 16.4 Å². The maximum absolute atomic E-state index is 7.53. The molecule has 98 valence electrons. The summed E-state index contributed by atoms with van der Waals surface area (Å²) >= 11 is 6.31. The topological polar surface area (TPSA) is 80.6 Å². The Morgan fingerprint density at radius 1 is 1.32 bits per heavy atom. The molecule has 0 aromatic carbocycles. The molecule has 2 aromatic heterocycles. The highest BCUT2D eigenvalue weighted by atomic mass is 35.5. The number of nitrogens with two attached hydrogens (primary N) is 1. The number of nitrogen functional groups attached to an aromatic ring is 1. The van der Waals surface area contributed by atoms with Crippen LogP contribution in [-0.2, 0) is 12.8 Å². The molecular weight excluding hydrogens is 262 g/mol. The second-order valence-corrected chi connectivity index (χ2v) is 5.00. The van der Waals surface area contributed by atoms with Crippen LogP contribution in [0.15, 0.2) is 18.6 Å². The van der Waals surface area contributed by atoms with E-state index in [1.165, 1.54) is 12.1 Å². The van der Waals surface area contributed by atoms with Crippen molar-refractivity contribution in [2.24, 2.45) is 5.73 Å². The number of aryl methyl sites for hydroxylation is 1. The summed E-state index contributed by atoms with van der Waals surface area (Å²) in [7, 11) is 0. The number of aromatic nitrogens is 3. The van der Waals surface area contributed by atoms with E-state index in [4.69, 9.17) is 22.7 Å². The highest BCUT2D eigenvalue weighted by molar-refractivity contribution is 6.35. The second kappa shape index (κ2) is 4.66. The molecule has 2 aromatic rings. The van der Waals surface area contributed by atoms with Gasteiger partial charge in [0.15, 0.2) is 5.82 Å². The van der Waals surface area contributed by atoms with E-state index in [1.54, 1.807) is 18.6 Å². The van der Waals surface area contributed by atoms with Crippen LogP contribution in [-0.4, -0.2) is 20.4 Å². The Morgan fingerprint density at radius 3 is 2.89 bits per heavy atom. The SMILES string of the molecule is N=C(N)c1ccnc(-n2cnc3c2CCCC3)c1Cl. The normalized spacial score (nSPS) is 14.2. The summed E-state index contributed by atoms with van der Waals surface area (Å²) in [6, 6.07) is 1.65. The fourth-order valence-corrected chi connectivity index (χ4v) is 2.76. The van der Waals surface area contributed by atoms with Crippen LogP contribution in [0.5, 0.6) is 0 Å². The molecule has 0 saturated heterocycles. The van der Waals surface area contributed by atoms with Crippen LogP contribution in [0.3, 0.4) is 0 Å². The molecule has 1 aliphatic rings. The minimum Gasteiger partial charge on any atom is -0.384 e. The number of imidazole rings is 1. The van der Waals surface area contributed by atoms with E-state index in [9.17, 15) is 0 Å². The number of halogens is 1. The van der Waals surface area contributed by atoms with Crippen molar-refractivity contribution in [2.45, 2.75) is 25.7 Å². The van der Waals surface area contributed by atoms with Gasteiger partial charge in [0.1, 0.15) is 12.2 Å². The highest BCUT2D eigenvalue weighted by Crippen LogP contribution is 2.27. The van der Waals surface area contributed by atoms with Crippen molar-refractivity contribution in [1.82, 2.24) is 14.5 Å². The molecule has 0 unspecified atom stereocenters. The van der Waals surface area contributed by atoms with Crippen LogP contribution >= 0.6 is 11.6 Å². The Bertz CT molecular complexity index is 646. The first-order chi connectivity index (χ1) is 9.18. The Kier molecular flexibility index (Phi) is 2.98. The molecule has 2 heterocycles. The van der Waals surface area contributed by atoms with Gasteiger partial charge in [-0.05, 0) is 31.7 Å². The number of fused-ring (bicyclic) bond motifs is 1. The third-order valence-electron chi connectivity index (χ3n) is 3.42. The van der Waals surface area contributed by atoms with Gasteiger partial charge in [-0.2, -0.15) is 0 Å². The Labute approximate surface area is 115 Å². The standard InChI is InChI=1S/C13H14ClN5/c14-11-8(12(15)16)5-6-17-13(11)19-7-18-9-3-1-2-4-10(9)19/h5-7H,1-4H2,(H3,15,16). The molecule has 6 heteroatoms. The lowest BCUT2D eigenvalue weighted by Gasteiger charge is -2.15. The molecule has 19 heavy (non-hydrogen) atoms. The molecule has 0 spiro atoms. The molecule has 0 aliphatic heterocycles. The summed E-state index contributed by atoms with van der Waals surface area (Å²) in [5, 5.41) is 7.93. The number of nitrogens with one attached hydrogen (secondary N) is 1. The molecule has 1 aliphatic carbocycles. The van der Waals surface area contributed by atoms with Gasteiger partial charge in [0.05, 0.1) is 10.7 Å². The van der Waals surface area contributed by atoms with Crippen LogP contribution in [0.4, 0.5) is 0 Å². The minimum absolute atomic E-state index is 0.0531. The van der Waals surface area contributed by atoms with Crippen molar-refractivity contribution >= 4 is 17.4 Å². The summed E-state index contributed by atoms with van der Waals surface area (Å²) in [5.74, 6) is 0.549. The summed E-state index contributed by atoms with van der Waals surface area (Å²) in [5.41, 5.74) is 8.32. The van der Waals surface area contributed by atoms with Gasteiger partial charge in [-0.3, -0.25) is 9.98 Å². The monoisotopic (exact) mass is 275 g/mol. The second-order valence-electron chi connectivity index (χ2n) is 4.62. The lowest BCUT2D eigenvalue weighted by atomic mass is 10.0. The quantitative estimate of drug-likeness (QED) is 0.650. The maximum Gasteiger partial charge on any atom is 0.157 e. The number of nitrogens with zero attached hydrogens (tertiary/aromatic N) is 3. The highest BCUT2D eigenvalue weighted by Gasteiger charge is 2.19. The number of pyridine rings is 1. The lowest BCUT2D eigenvalue weighted by molar-refractivity contribution is 0.654. The van der Waals surface area contributed by atoms with E-state index in [-0.39, 0.29) is 5.84 Å². The molecule has 0 radical (unpaired) electrons. The molecule has 0 saturated carbocycles. The Morgan fingerprint density at radius 2 is 2.11 bits per heavy atom. The summed E-state index contributed by atoms with van der Waals surface area (Å²) in [6.45, 7) is 0. The molecule has 0 atom stereocenters. The first kappa shape index (κ1) is 12.2. The van der Waals surface area contributed by atoms with Gasteiger partial charge in [-0.1, -0.05) is 11.6 Å². The first-order valence-electron chi connectivity index (χ1n) is 6.23. The fraction of sp³-hybridized carbons (Fsp3) is 0.308. The van der Waals surface area contributed by atoms with Crippen molar-refractivity contribution in [3.63, 3.8) is 0 Å². The van der Waals surface area contributed by atoms with Crippen molar-refractivity contribution in [3.8, 4) is 5.82 Å². The molecule has 5 nitrogen and oxygen atoms in total. The molecule has 0 amide bonds. The van der Waals surface area contributed by atoms with Gasteiger partial charge in [0.25, 0.3) is 0 Å². The fourth-order valence-electron chi connectivity index (χ4n) is 2.46. The van der Waals surface area contributed by atoms with Gasteiger partial charge >= 0.3 is 0 Å². The summed E-state index contributed by atoms with van der Waals surface area (Å²) < 4.78 is 1.92. The van der Waals surface area contributed by atoms with Crippen LogP contribution in [0.25, 0.3) is 5.82 Å². The van der Waals surface area contributed by atoms with Gasteiger partial charge < -0.3 is 5.73 Å². The summed E-state index contributed by atoms with van der Waals surface area (Å²) in [4.78, 5) is 8.74. The van der Waals surface area contributed by atoms with Crippen LogP contribution in [0.2, 0.25) is 5.02 Å². The number of hydrogen-bond acceptors (Lipinski definition) is 3. The first-order valence-corrected chi connectivity index (χ1v) is 6.60. The minimum atomic E-state index is -0.0531. The van der Waals surface area contributed by atoms with Crippen molar-refractivity contribution < 1.29 is 0 Å². The number of rotatable bonds is 2. The smallest absolute Gasteiger partial charge is 0.157 e. The predicted octanol–water partition coefficient (Wildman–Crippen LogP) is 2.08. The lowest BCUT2D eigenvalue weighted by Crippen LogP contribution is -2.14. The van der Waals surface area contributed by atoms with Crippen LogP contribution in [0.1, 0.15) is 29.8 Å². The average molecular weight is 276 g/mol. The summed E-state index contributed by atoms with van der Waals surface area (Å²) in [6.07, 6.45) is 7.70. The predicted molar refractivity (Wildman–Crippen MR) is 74.0 cm³/mol. The number of amidine groups is 1.